The first kappa shape index (κ1) is 20.9. The molecule has 4 aliphatic carbocycles. The van der Waals surface area contributed by atoms with Crippen LogP contribution in [0.2, 0.25) is 0 Å². The maximum absolute atomic E-state index is 13.1. The van der Waals surface area contributed by atoms with Crippen molar-refractivity contribution in [3.05, 3.63) is 12.2 Å². The number of unbranched alkanes of at least 4 members (excludes halogenated alkanes) is 2. The third-order valence-corrected chi connectivity index (χ3v) is 7.69. The highest BCUT2D eigenvalue weighted by atomic mass is 16.6. The monoisotopic (exact) mass is 376 g/mol. The van der Waals surface area contributed by atoms with E-state index < -0.39 is 11.2 Å². The average molecular weight is 377 g/mol. The van der Waals surface area contributed by atoms with Gasteiger partial charge in [-0.25, -0.2) is 0 Å². The van der Waals surface area contributed by atoms with E-state index >= 15 is 0 Å². The molecule has 4 aliphatic rings. The quantitative estimate of drug-likeness (QED) is 0.298. The standard InChI is InChI=1S/C24H40O3/c1-4-6-7-8-9-10-12-20(11-5-2)22(25)27-23(3)21-14-18-13-19(15-21)17-24(23,26)16-18/h7-8,18-21,26H,4-6,9-17H2,1-3H3. The summed E-state index contributed by atoms with van der Waals surface area (Å²) in [4.78, 5) is 13.1. The Morgan fingerprint density at radius 3 is 2.33 bits per heavy atom. The van der Waals surface area contributed by atoms with Crippen molar-refractivity contribution < 1.29 is 14.6 Å². The molecule has 1 N–H and O–H groups in total. The van der Waals surface area contributed by atoms with Crippen LogP contribution in [0, 0.1) is 23.7 Å². The molecule has 0 spiro atoms. The van der Waals surface area contributed by atoms with Gasteiger partial charge in [-0.2, -0.15) is 0 Å². The summed E-state index contributed by atoms with van der Waals surface area (Å²) < 4.78 is 6.22. The molecule has 3 nitrogen and oxygen atoms in total. The van der Waals surface area contributed by atoms with Gasteiger partial charge in [0.05, 0.1) is 5.92 Å². The van der Waals surface area contributed by atoms with Gasteiger partial charge in [0.25, 0.3) is 0 Å². The van der Waals surface area contributed by atoms with Gasteiger partial charge in [0.15, 0.2) is 0 Å². The first-order valence-electron chi connectivity index (χ1n) is 11.5. The molecule has 0 aliphatic heterocycles. The Bertz CT molecular complexity index is 526. The summed E-state index contributed by atoms with van der Waals surface area (Å²) in [5, 5.41) is 11.4. The predicted octanol–water partition coefficient (Wildman–Crippen LogP) is 5.80. The zero-order chi connectivity index (χ0) is 19.5. The van der Waals surface area contributed by atoms with Gasteiger partial charge in [-0.3, -0.25) is 4.79 Å². The zero-order valence-corrected chi connectivity index (χ0v) is 17.7. The maximum atomic E-state index is 13.1. The van der Waals surface area contributed by atoms with E-state index in [9.17, 15) is 9.90 Å². The molecule has 0 aromatic carbocycles. The van der Waals surface area contributed by atoms with Crippen molar-refractivity contribution in [2.24, 2.45) is 23.7 Å². The van der Waals surface area contributed by atoms with Crippen molar-refractivity contribution in [2.45, 2.75) is 109 Å². The van der Waals surface area contributed by atoms with Gasteiger partial charge in [0, 0.05) is 5.92 Å². The average Bonchev–Trinajstić information content (AvgIpc) is 2.61. The molecular weight excluding hydrogens is 336 g/mol. The molecule has 4 rings (SSSR count). The second kappa shape index (κ2) is 8.68. The Kier molecular flexibility index (Phi) is 6.71. The highest BCUT2D eigenvalue weighted by Gasteiger charge is 2.65. The van der Waals surface area contributed by atoms with Crippen LogP contribution in [0.4, 0.5) is 0 Å². The summed E-state index contributed by atoms with van der Waals surface area (Å²) in [5.41, 5.74) is -1.47. The van der Waals surface area contributed by atoms with Crippen LogP contribution < -0.4 is 0 Å². The minimum Gasteiger partial charge on any atom is -0.456 e. The van der Waals surface area contributed by atoms with Crippen LogP contribution in [-0.4, -0.2) is 22.3 Å². The third-order valence-electron chi connectivity index (χ3n) is 7.69. The number of rotatable bonds is 10. The van der Waals surface area contributed by atoms with Crippen molar-refractivity contribution in [1.29, 1.82) is 0 Å². The van der Waals surface area contributed by atoms with Crippen molar-refractivity contribution in [3.63, 3.8) is 0 Å². The maximum Gasteiger partial charge on any atom is 0.309 e. The van der Waals surface area contributed by atoms with E-state index in [2.05, 4.69) is 26.0 Å². The summed E-state index contributed by atoms with van der Waals surface area (Å²) in [7, 11) is 0. The first-order chi connectivity index (χ1) is 12.9. The Morgan fingerprint density at radius 2 is 1.74 bits per heavy atom. The molecule has 0 aromatic heterocycles. The lowest BCUT2D eigenvalue weighted by Gasteiger charge is -2.63. The van der Waals surface area contributed by atoms with Crippen molar-refractivity contribution in [2.75, 3.05) is 0 Å². The van der Waals surface area contributed by atoms with Gasteiger partial charge in [-0.05, 0) is 83.0 Å². The molecule has 0 aromatic rings. The van der Waals surface area contributed by atoms with E-state index in [1.54, 1.807) is 0 Å². The van der Waals surface area contributed by atoms with E-state index in [0.29, 0.717) is 17.8 Å². The highest BCUT2D eigenvalue weighted by molar-refractivity contribution is 5.73. The fraction of sp³-hybridized carbons (Fsp3) is 0.875. The Hall–Kier alpha value is -0.830. The second-order valence-electron chi connectivity index (χ2n) is 9.78. The van der Waals surface area contributed by atoms with Gasteiger partial charge in [-0.15, -0.1) is 0 Å². The largest absolute Gasteiger partial charge is 0.456 e. The molecule has 4 fully saturated rings. The number of hydrogen-bond donors (Lipinski definition) is 1. The Morgan fingerprint density at radius 1 is 1.07 bits per heavy atom. The minimum atomic E-state index is -0.795. The number of esters is 1. The fourth-order valence-corrected chi connectivity index (χ4v) is 6.26. The zero-order valence-electron chi connectivity index (χ0n) is 17.7. The number of carbonyl (C=O) groups excluding carboxylic acids is 1. The number of aliphatic hydroxyl groups is 1. The second-order valence-corrected chi connectivity index (χ2v) is 9.78. The molecule has 4 atom stereocenters. The summed E-state index contributed by atoms with van der Waals surface area (Å²) in [6, 6.07) is 0. The van der Waals surface area contributed by atoms with Crippen LogP contribution >= 0.6 is 0 Å². The molecule has 0 amide bonds. The molecule has 0 radical (unpaired) electrons. The van der Waals surface area contributed by atoms with E-state index in [1.807, 2.05) is 6.92 Å². The van der Waals surface area contributed by atoms with Crippen LogP contribution in [0.1, 0.15) is 97.8 Å². The van der Waals surface area contributed by atoms with Crippen molar-refractivity contribution in [1.82, 2.24) is 0 Å². The molecular formula is C24H40O3. The molecule has 0 saturated heterocycles. The van der Waals surface area contributed by atoms with Crippen LogP contribution in [0.25, 0.3) is 0 Å². The smallest absolute Gasteiger partial charge is 0.309 e. The molecule has 154 valence electrons. The van der Waals surface area contributed by atoms with Crippen LogP contribution in [-0.2, 0) is 9.53 Å². The Labute approximate surface area is 165 Å². The van der Waals surface area contributed by atoms with E-state index in [1.165, 1.54) is 12.8 Å². The lowest BCUT2D eigenvalue weighted by atomic mass is 9.48. The van der Waals surface area contributed by atoms with Gasteiger partial charge < -0.3 is 9.84 Å². The summed E-state index contributed by atoms with van der Waals surface area (Å²) in [6.07, 6.45) is 16.9. The van der Waals surface area contributed by atoms with Gasteiger partial charge >= 0.3 is 5.97 Å². The number of ether oxygens (including phenoxy) is 1. The molecule has 4 saturated carbocycles. The Balaban J connectivity index is 1.59. The van der Waals surface area contributed by atoms with Gasteiger partial charge in [-0.1, -0.05) is 38.8 Å². The van der Waals surface area contributed by atoms with Crippen LogP contribution in [0.15, 0.2) is 12.2 Å². The predicted molar refractivity (Wildman–Crippen MR) is 109 cm³/mol. The topological polar surface area (TPSA) is 46.5 Å². The highest BCUT2D eigenvalue weighted by Crippen LogP contribution is 2.61. The summed E-state index contributed by atoms with van der Waals surface area (Å²) in [6.45, 7) is 6.36. The lowest BCUT2D eigenvalue weighted by Crippen LogP contribution is -2.69. The molecule has 4 bridgehead atoms. The normalized spacial score (nSPS) is 38.4. The van der Waals surface area contributed by atoms with Crippen molar-refractivity contribution in [3.8, 4) is 0 Å². The molecule has 3 heteroatoms. The third kappa shape index (κ3) is 4.28. The molecule has 4 unspecified atom stereocenters. The number of allylic oxidation sites excluding steroid dienone is 2. The number of carbonyl (C=O) groups is 1. The van der Waals surface area contributed by atoms with E-state index in [-0.39, 0.29) is 11.9 Å². The van der Waals surface area contributed by atoms with Crippen LogP contribution in [0.5, 0.6) is 0 Å². The van der Waals surface area contributed by atoms with Gasteiger partial charge in [0.2, 0.25) is 0 Å². The lowest BCUT2D eigenvalue weighted by molar-refractivity contribution is -0.271. The van der Waals surface area contributed by atoms with Crippen molar-refractivity contribution >= 4 is 5.97 Å². The van der Waals surface area contributed by atoms with Gasteiger partial charge in [0.1, 0.15) is 11.2 Å². The first-order valence-corrected chi connectivity index (χ1v) is 11.5. The number of hydrogen-bond acceptors (Lipinski definition) is 3. The SMILES string of the molecule is CCCC=CCCCC(CCC)C(=O)OC1(C)C2CC3CC(C2)CC1(O)C3. The molecule has 27 heavy (non-hydrogen) atoms. The summed E-state index contributed by atoms with van der Waals surface area (Å²) >= 11 is 0. The molecule has 0 heterocycles. The fourth-order valence-electron chi connectivity index (χ4n) is 6.26. The minimum absolute atomic E-state index is 0.0211. The summed E-state index contributed by atoms with van der Waals surface area (Å²) in [5.74, 6) is 1.54. The van der Waals surface area contributed by atoms with E-state index in [0.717, 1.165) is 64.2 Å². The van der Waals surface area contributed by atoms with E-state index in [4.69, 9.17) is 4.74 Å². The van der Waals surface area contributed by atoms with Crippen LogP contribution in [0.3, 0.4) is 0 Å².